The molecule has 0 saturated carbocycles. The molecule has 0 aliphatic carbocycles. The van der Waals surface area contributed by atoms with E-state index in [-0.39, 0.29) is 12.6 Å². The van der Waals surface area contributed by atoms with Crippen molar-refractivity contribution in [3.05, 3.63) is 57.0 Å². The molecule has 0 rings (SSSR count). The first-order chi connectivity index (χ1) is 11.4. The summed E-state index contributed by atoms with van der Waals surface area (Å²) in [6, 6.07) is -0.115. The van der Waals surface area contributed by atoms with Crippen molar-refractivity contribution in [3.63, 3.8) is 0 Å². The summed E-state index contributed by atoms with van der Waals surface area (Å²) in [6.07, 6.45) is 13.1. The van der Waals surface area contributed by atoms with Crippen molar-refractivity contribution in [2.75, 3.05) is 6.61 Å². The van der Waals surface area contributed by atoms with Crippen LogP contribution in [0.3, 0.4) is 0 Å². The van der Waals surface area contributed by atoms with Gasteiger partial charge in [-0.3, -0.25) is 0 Å². The first-order valence-corrected chi connectivity index (χ1v) is 8.67. The highest BCUT2D eigenvalue weighted by Gasteiger charge is 2.07. The van der Waals surface area contributed by atoms with Crippen molar-refractivity contribution in [1.29, 1.82) is 0 Å². The highest BCUT2D eigenvalue weighted by molar-refractivity contribution is 5.13. The lowest BCUT2D eigenvalue weighted by molar-refractivity contribution is 0.341. The quantitative estimate of drug-likeness (QED) is 0.202. The molecule has 0 aliphatic rings. The van der Waals surface area contributed by atoms with Crippen molar-refractivity contribution >= 4 is 0 Å². The van der Waals surface area contributed by atoms with Crippen LogP contribution in [0.25, 0.3) is 10.4 Å². The summed E-state index contributed by atoms with van der Waals surface area (Å²) in [4.78, 5) is 2.99. The molecule has 0 spiro atoms. The van der Waals surface area contributed by atoms with Gasteiger partial charge in [0.15, 0.2) is 0 Å². The molecule has 0 heterocycles. The predicted molar refractivity (Wildman–Crippen MR) is 104 cm³/mol. The molecule has 24 heavy (non-hydrogen) atoms. The highest BCUT2D eigenvalue weighted by Crippen LogP contribution is 2.17. The third kappa shape index (κ3) is 11.8. The molecular formula is C20H33N3O. The fraction of sp³-hybridized carbons (Fsp3) is 0.600. The van der Waals surface area contributed by atoms with Gasteiger partial charge in [-0.15, -0.1) is 0 Å². The Morgan fingerprint density at radius 1 is 0.958 bits per heavy atom. The third-order valence-corrected chi connectivity index (χ3v) is 3.94. The van der Waals surface area contributed by atoms with Crippen molar-refractivity contribution in [2.24, 2.45) is 5.11 Å². The van der Waals surface area contributed by atoms with E-state index in [0.717, 1.165) is 37.7 Å². The van der Waals surface area contributed by atoms with Crippen LogP contribution in [0.2, 0.25) is 0 Å². The molecule has 0 aromatic heterocycles. The van der Waals surface area contributed by atoms with Crippen LogP contribution in [0.4, 0.5) is 0 Å². The molecule has 0 amide bonds. The summed E-state index contributed by atoms with van der Waals surface area (Å²) < 4.78 is 0. The summed E-state index contributed by atoms with van der Waals surface area (Å²) in [7, 11) is 0. The van der Waals surface area contributed by atoms with E-state index >= 15 is 0 Å². The van der Waals surface area contributed by atoms with Crippen molar-refractivity contribution in [2.45, 2.75) is 72.8 Å². The largest absolute Gasteiger partial charge is 0.392 e. The van der Waals surface area contributed by atoms with E-state index in [1.807, 2.05) is 19.9 Å². The van der Waals surface area contributed by atoms with Crippen LogP contribution < -0.4 is 0 Å². The second kappa shape index (κ2) is 13.6. The van der Waals surface area contributed by atoms with Crippen molar-refractivity contribution in [3.8, 4) is 0 Å². The van der Waals surface area contributed by atoms with Gasteiger partial charge < -0.3 is 5.11 Å². The average molecular weight is 332 g/mol. The molecule has 0 radical (unpaired) electrons. The standard InChI is InChI=1S/C20H33N3O/c1-16(2)8-6-9-17(3)12-13-20(22-23-21)19(5)11-7-10-18(4)14-15-24/h8,11-12,14,20,24H,6-7,9-10,13,15H2,1-5H3/b17-12+,18-14+,19-11+. The van der Waals surface area contributed by atoms with Gasteiger partial charge in [0.25, 0.3) is 0 Å². The minimum atomic E-state index is -0.115. The second-order valence-corrected chi connectivity index (χ2v) is 6.55. The van der Waals surface area contributed by atoms with E-state index in [9.17, 15) is 0 Å². The van der Waals surface area contributed by atoms with Gasteiger partial charge in [-0.1, -0.05) is 51.7 Å². The van der Waals surface area contributed by atoms with Crippen molar-refractivity contribution in [1.82, 2.24) is 0 Å². The van der Waals surface area contributed by atoms with Gasteiger partial charge in [0.05, 0.1) is 12.6 Å². The van der Waals surface area contributed by atoms with Gasteiger partial charge in [0, 0.05) is 4.91 Å². The summed E-state index contributed by atoms with van der Waals surface area (Å²) in [5, 5.41) is 12.8. The summed E-state index contributed by atoms with van der Waals surface area (Å²) in [6.45, 7) is 10.5. The van der Waals surface area contributed by atoms with Crippen LogP contribution in [-0.2, 0) is 0 Å². The van der Waals surface area contributed by atoms with Gasteiger partial charge in [-0.05, 0) is 72.3 Å². The molecule has 4 heteroatoms. The minimum absolute atomic E-state index is 0.0900. The molecular weight excluding hydrogens is 298 g/mol. The zero-order valence-electron chi connectivity index (χ0n) is 15.9. The number of nitrogens with zero attached hydrogens (tertiary/aromatic N) is 3. The fourth-order valence-electron chi connectivity index (χ4n) is 2.31. The molecule has 0 aliphatic heterocycles. The monoisotopic (exact) mass is 331 g/mol. The molecule has 1 atom stereocenters. The van der Waals surface area contributed by atoms with E-state index in [0.29, 0.717) is 0 Å². The Morgan fingerprint density at radius 3 is 2.08 bits per heavy atom. The van der Waals surface area contributed by atoms with Gasteiger partial charge >= 0.3 is 0 Å². The number of aliphatic hydroxyl groups is 1. The smallest absolute Gasteiger partial charge is 0.0616 e. The number of azide groups is 1. The molecule has 0 bridgehead atoms. The van der Waals surface area contributed by atoms with Crippen LogP contribution in [0.15, 0.2) is 51.7 Å². The molecule has 1 N–H and O–H groups in total. The van der Waals surface area contributed by atoms with Crippen LogP contribution in [0.5, 0.6) is 0 Å². The predicted octanol–water partition coefficient (Wildman–Crippen LogP) is 6.41. The van der Waals surface area contributed by atoms with Crippen LogP contribution in [0, 0.1) is 0 Å². The zero-order chi connectivity index (χ0) is 18.4. The maximum atomic E-state index is 8.86. The van der Waals surface area contributed by atoms with Crippen LogP contribution >= 0.6 is 0 Å². The maximum Gasteiger partial charge on any atom is 0.0616 e. The Hall–Kier alpha value is -1.77. The SMILES string of the molecule is CC(C)=CCC/C(C)=C/CC(N=[N+]=[N-])/C(C)=C/CC/C(C)=C/CO. The molecule has 1 unspecified atom stereocenters. The normalized spacial score (nSPS) is 14.2. The maximum absolute atomic E-state index is 8.86. The number of allylic oxidation sites excluding steroid dienone is 5. The lowest BCUT2D eigenvalue weighted by atomic mass is 10.0. The highest BCUT2D eigenvalue weighted by atomic mass is 16.2. The number of hydrogen-bond acceptors (Lipinski definition) is 2. The summed E-state index contributed by atoms with van der Waals surface area (Å²) in [5.74, 6) is 0. The Bertz CT molecular complexity index is 531. The van der Waals surface area contributed by atoms with Gasteiger partial charge in [0.2, 0.25) is 0 Å². The molecule has 4 nitrogen and oxygen atoms in total. The van der Waals surface area contributed by atoms with Gasteiger partial charge in [-0.2, -0.15) is 0 Å². The lowest BCUT2D eigenvalue weighted by Crippen LogP contribution is -2.04. The minimum Gasteiger partial charge on any atom is -0.392 e. The Morgan fingerprint density at radius 2 is 1.54 bits per heavy atom. The molecule has 134 valence electrons. The molecule has 0 fully saturated rings. The lowest BCUT2D eigenvalue weighted by Gasteiger charge is -2.11. The zero-order valence-corrected chi connectivity index (χ0v) is 15.9. The number of aliphatic hydroxyl groups excluding tert-OH is 1. The molecule has 0 saturated heterocycles. The summed E-state index contributed by atoms with van der Waals surface area (Å²) >= 11 is 0. The fourth-order valence-corrected chi connectivity index (χ4v) is 2.31. The number of hydrogen-bond donors (Lipinski definition) is 1. The third-order valence-electron chi connectivity index (χ3n) is 3.94. The van der Waals surface area contributed by atoms with Gasteiger partial charge in [0.1, 0.15) is 0 Å². The molecule has 0 aromatic carbocycles. The van der Waals surface area contributed by atoms with E-state index in [4.69, 9.17) is 10.6 Å². The van der Waals surface area contributed by atoms with Crippen LogP contribution in [0.1, 0.15) is 66.7 Å². The Kier molecular flexibility index (Phi) is 12.6. The van der Waals surface area contributed by atoms with Gasteiger partial charge in [-0.25, -0.2) is 0 Å². The van der Waals surface area contributed by atoms with Crippen LogP contribution in [-0.4, -0.2) is 17.8 Å². The summed E-state index contributed by atoms with van der Waals surface area (Å²) in [5.41, 5.74) is 13.8. The van der Waals surface area contributed by atoms with E-state index < -0.39 is 0 Å². The first kappa shape index (κ1) is 22.2. The Balaban J connectivity index is 4.64. The second-order valence-electron chi connectivity index (χ2n) is 6.55. The topological polar surface area (TPSA) is 69.0 Å². The average Bonchev–Trinajstić information content (AvgIpc) is 2.51. The molecule has 0 aromatic rings. The van der Waals surface area contributed by atoms with E-state index in [1.54, 1.807) is 0 Å². The van der Waals surface area contributed by atoms with Crippen molar-refractivity contribution < 1.29 is 5.11 Å². The number of rotatable bonds is 11. The first-order valence-electron chi connectivity index (χ1n) is 8.67. The Labute approximate surface area is 147 Å². The van der Waals surface area contributed by atoms with E-state index in [1.165, 1.54) is 16.7 Å². The van der Waals surface area contributed by atoms with E-state index in [2.05, 4.69) is 49.0 Å².